The number of methoxy groups -OCH3 is 1. The molecule has 0 saturated heterocycles. The molecule has 3 amide bonds. The van der Waals surface area contributed by atoms with Crippen molar-refractivity contribution in [2.45, 2.75) is 83.5 Å². The van der Waals surface area contributed by atoms with Crippen LogP contribution in [0.5, 0.6) is 0 Å². The zero-order chi connectivity index (χ0) is 23.2. The van der Waals surface area contributed by atoms with Crippen molar-refractivity contribution in [2.24, 2.45) is 17.6 Å². The van der Waals surface area contributed by atoms with Crippen molar-refractivity contribution in [1.82, 2.24) is 15.1 Å². The summed E-state index contributed by atoms with van der Waals surface area (Å²) in [4.78, 5) is 41.8. The zero-order valence-corrected chi connectivity index (χ0v) is 20.0. The molecule has 1 aliphatic rings. The molecular weight excluding hydrogens is 384 g/mol. The number of nitrogens with zero attached hydrogens (tertiary/aromatic N) is 2. The van der Waals surface area contributed by atoms with Gasteiger partial charge in [-0.1, -0.05) is 34.1 Å². The Bertz CT molecular complexity index is 604. The third-order valence-corrected chi connectivity index (χ3v) is 6.79. The molecule has 0 heterocycles. The van der Waals surface area contributed by atoms with Crippen LogP contribution in [-0.4, -0.2) is 79.5 Å². The predicted octanol–water partition coefficient (Wildman–Crippen LogP) is 1.38. The van der Waals surface area contributed by atoms with E-state index < -0.39 is 23.6 Å². The minimum atomic E-state index is -0.655. The second kappa shape index (κ2) is 11.1. The fraction of sp³-hybridized carbons (Fsp3) is 0.864. The number of hydrogen-bond acceptors (Lipinski definition) is 5. The highest BCUT2D eigenvalue weighted by atomic mass is 16.5. The van der Waals surface area contributed by atoms with Gasteiger partial charge in [-0.25, -0.2) is 0 Å². The van der Waals surface area contributed by atoms with Crippen molar-refractivity contribution in [2.75, 3.05) is 28.3 Å². The van der Waals surface area contributed by atoms with Crippen molar-refractivity contribution >= 4 is 17.7 Å². The number of nitrogens with two attached hydrogens (primary N) is 1. The van der Waals surface area contributed by atoms with Crippen LogP contribution < -0.4 is 11.1 Å². The third-order valence-electron chi connectivity index (χ3n) is 6.79. The van der Waals surface area contributed by atoms with Crippen LogP contribution >= 0.6 is 0 Å². The van der Waals surface area contributed by atoms with E-state index in [0.29, 0.717) is 0 Å². The largest absolute Gasteiger partial charge is 0.379 e. The van der Waals surface area contributed by atoms with Crippen LogP contribution in [0, 0.1) is 11.8 Å². The van der Waals surface area contributed by atoms with Crippen molar-refractivity contribution in [3.63, 3.8) is 0 Å². The van der Waals surface area contributed by atoms with Gasteiger partial charge < -0.3 is 20.7 Å². The normalized spacial score (nSPS) is 19.5. The minimum Gasteiger partial charge on any atom is -0.379 e. The molecule has 0 bridgehead atoms. The molecule has 0 spiro atoms. The van der Waals surface area contributed by atoms with Crippen LogP contribution in [0.4, 0.5) is 0 Å². The molecule has 0 radical (unpaired) electrons. The molecule has 8 heteroatoms. The number of carbonyl (C=O) groups excluding carboxylic acids is 3. The van der Waals surface area contributed by atoms with Crippen molar-refractivity contribution in [3.8, 4) is 0 Å². The molecule has 1 fully saturated rings. The van der Waals surface area contributed by atoms with E-state index >= 15 is 0 Å². The van der Waals surface area contributed by atoms with E-state index in [-0.39, 0.29) is 36.1 Å². The summed E-state index contributed by atoms with van der Waals surface area (Å²) in [5.74, 6) is -0.741. The summed E-state index contributed by atoms with van der Waals surface area (Å²) < 4.78 is 5.56. The van der Waals surface area contributed by atoms with Gasteiger partial charge in [0, 0.05) is 14.2 Å². The molecule has 0 aromatic rings. The molecule has 1 rings (SSSR count). The number of hydrogen-bond donors (Lipinski definition) is 2. The first-order valence-corrected chi connectivity index (χ1v) is 11.0. The van der Waals surface area contributed by atoms with E-state index in [4.69, 9.17) is 10.5 Å². The van der Waals surface area contributed by atoms with Gasteiger partial charge in [0.2, 0.25) is 17.7 Å². The molecular formula is C22H42N4O4. The average molecular weight is 427 g/mol. The standard InChI is InChI=1S/C22H42N4O4/c1-9-15(4)19(16(30-8)13-17(23)27)26(7)20(28)18(14(2)3)24-21(29)22(25(5)6)11-10-12-22/h14-16,18-19H,9-13H2,1-8H3,(H2,23,27)(H,24,29)/t15-,16+,18-,19-/m0/s1. The Labute approximate surface area is 181 Å². The van der Waals surface area contributed by atoms with Gasteiger partial charge >= 0.3 is 0 Å². The Hall–Kier alpha value is -1.67. The maximum atomic E-state index is 13.5. The maximum absolute atomic E-state index is 13.5. The first kappa shape index (κ1) is 26.4. The summed E-state index contributed by atoms with van der Waals surface area (Å²) in [7, 11) is 7.06. The summed E-state index contributed by atoms with van der Waals surface area (Å²) in [5, 5.41) is 3.03. The lowest BCUT2D eigenvalue weighted by Crippen LogP contribution is -2.65. The van der Waals surface area contributed by atoms with Gasteiger partial charge in [-0.05, 0) is 45.2 Å². The lowest BCUT2D eigenvalue weighted by molar-refractivity contribution is -0.147. The monoisotopic (exact) mass is 426 g/mol. The van der Waals surface area contributed by atoms with Crippen LogP contribution in [0.25, 0.3) is 0 Å². The van der Waals surface area contributed by atoms with Gasteiger partial charge in [-0.2, -0.15) is 0 Å². The molecule has 0 unspecified atom stereocenters. The summed E-state index contributed by atoms with van der Waals surface area (Å²) in [6.45, 7) is 7.91. The molecule has 0 aliphatic heterocycles. The molecule has 174 valence electrons. The van der Waals surface area contributed by atoms with E-state index in [1.165, 1.54) is 7.11 Å². The first-order valence-electron chi connectivity index (χ1n) is 11.0. The van der Waals surface area contributed by atoms with Crippen LogP contribution in [-0.2, 0) is 19.1 Å². The number of nitrogens with one attached hydrogen (secondary N) is 1. The lowest BCUT2D eigenvalue weighted by Gasteiger charge is -2.46. The zero-order valence-electron chi connectivity index (χ0n) is 20.0. The van der Waals surface area contributed by atoms with Gasteiger partial charge in [0.1, 0.15) is 6.04 Å². The van der Waals surface area contributed by atoms with Crippen molar-refractivity contribution < 1.29 is 19.1 Å². The van der Waals surface area contributed by atoms with Gasteiger partial charge in [0.05, 0.1) is 24.1 Å². The molecule has 0 aromatic carbocycles. The van der Waals surface area contributed by atoms with Gasteiger partial charge in [-0.3, -0.25) is 19.3 Å². The Morgan fingerprint density at radius 1 is 1.13 bits per heavy atom. The smallest absolute Gasteiger partial charge is 0.245 e. The Morgan fingerprint density at radius 2 is 1.70 bits per heavy atom. The SMILES string of the molecule is CC[C@H](C)[C@@H]([C@@H](CC(N)=O)OC)N(C)C(=O)[C@@H](NC(=O)C1(N(C)C)CCC1)C(C)C. The van der Waals surface area contributed by atoms with E-state index in [2.05, 4.69) is 5.32 Å². The van der Waals surface area contributed by atoms with Crippen LogP contribution in [0.3, 0.4) is 0 Å². The number of rotatable bonds is 12. The van der Waals surface area contributed by atoms with E-state index in [9.17, 15) is 14.4 Å². The van der Waals surface area contributed by atoms with Crippen LogP contribution in [0.2, 0.25) is 0 Å². The molecule has 8 nitrogen and oxygen atoms in total. The number of carbonyl (C=O) groups is 3. The van der Waals surface area contributed by atoms with Crippen LogP contribution in [0.1, 0.15) is 59.8 Å². The molecule has 0 aromatic heterocycles. The Kier molecular flexibility index (Phi) is 9.75. The fourth-order valence-corrected chi connectivity index (χ4v) is 4.33. The molecule has 3 N–H and O–H groups in total. The summed E-state index contributed by atoms with van der Waals surface area (Å²) in [6, 6.07) is -0.984. The predicted molar refractivity (Wildman–Crippen MR) is 118 cm³/mol. The van der Waals surface area contributed by atoms with E-state index in [1.807, 2.05) is 46.7 Å². The minimum absolute atomic E-state index is 0.0333. The van der Waals surface area contributed by atoms with Crippen molar-refractivity contribution in [3.05, 3.63) is 0 Å². The fourth-order valence-electron chi connectivity index (χ4n) is 4.33. The lowest BCUT2D eigenvalue weighted by atomic mass is 9.74. The Morgan fingerprint density at radius 3 is 2.03 bits per heavy atom. The Balaban J connectivity index is 3.11. The summed E-state index contributed by atoms with van der Waals surface area (Å²) >= 11 is 0. The van der Waals surface area contributed by atoms with Gasteiger partial charge in [0.25, 0.3) is 0 Å². The highest BCUT2D eigenvalue weighted by molar-refractivity contribution is 5.93. The second-order valence-electron chi connectivity index (χ2n) is 9.24. The van der Waals surface area contributed by atoms with Gasteiger partial charge in [0.15, 0.2) is 0 Å². The molecule has 1 aliphatic carbocycles. The van der Waals surface area contributed by atoms with Crippen LogP contribution in [0.15, 0.2) is 0 Å². The maximum Gasteiger partial charge on any atom is 0.245 e. The molecule has 1 saturated carbocycles. The number of primary amides is 1. The summed E-state index contributed by atoms with van der Waals surface area (Å²) in [6.07, 6.45) is 2.93. The van der Waals surface area contributed by atoms with E-state index in [0.717, 1.165) is 25.7 Å². The molecule has 4 atom stereocenters. The highest BCUT2D eigenvalue weighted by Crippen LogP contribution is 2.36. The van der Waals surface area contributed by atoms with E-state index in [1.54, 1.807) is 11.9 Å². The summed E-state index contributed by atoms with van der Waals surface area (Å²) in [5.41, 5.74) is 4.87. The van der Waals surface area contributed by atoms with Crippen molar-refractivity contribution in [1.29, 1.82) is 0 Å². The number of likely N-dealkylation sites (N-methyl/N-ethyl adjacent to an activating group) is 2. The number of ether oxygens (including phenoxy) is 1. The average Bonchev–Trinajstić information content (AvgIpc) is 2.62. The highest BCUT2D eigenvalue weighted by Gasteiger charge is 2.48. The quantitative estimate of drug-likeness (QED) is 0.490. The van der Waals surface area contributed by atoms with Gasteiger partial charge in [-0.15, -0.1) is 0 Å². The first-order chi connectivity index (χ1) is 13.9. The third kappa shape index (κ3) is 5.72. The molecule has 30 heavy (non-hydrogen) atoms. The second-order valence-corrected chi connectivity index (χ2v) is 9.24. The number of amides is 3. The topological polar surface area (TPSA) is 105 Å².